The predicted molar refractivity (Wildman–Crippen MR) is 92.4 cm³/mol. The van der Waals surface area contributed by atoms with Gasteiger partial charge in [0.2, 0.25) is 0 Å². The minimum atomic E-state index is -0.0649. The van der Waals surface area contributed by atoms with Crippen LogP contribution in [0.5, 0.6) is 0 Å². The lowest BCUT2D eigenvalue weighted by Crippen LogP contribution is -2.14. The van der Waals surface area contributed by atoms with Crippen molar-refractivity contribution in [1.82, 2.24) is 0 Å². The molecule has 3 rings (SSSR count). The molecule has 0 radical (unpaired) electrons. The Morgan fingerprint density at radius 1 is 0.864 bits per heavy atom. The van der Waals surface area contributed by atoms with Crippen molar-refractivity contribution in [3.63, 3.8) is 0 Å². The fourth-order valence-corrected chi connectivity index (χ4v) is 2.73. The Kier molecular flexibility index (Phi) is 3.92. The molecule has 1 amide bonds. The molecule has 0 atom stereocenters. The first-order chi connectivity index (χ1) is 10.7. The van der Waals surface area contributed by atoms with E-state index in [1.807, 2.05) is 60.7 Å². The van der Waals surface area contributed by atoms with Crippen molar-refractivity contribution in [2.75, 3.05) is 5.32 Å². The highest BCUT2D eigenvalue weighted by atomic mass is 16.1. The van der Waals surface area contributed by atoms with Gasteiger partial charge in [-0.3, -0.25) is 4.79 Å². The Labute approximate surface area is 130 Å². The van der Waals surface area contributed by atoms with Crippen LogP contribution in [0.4, 0.5) is 5.69 Å². The van der Waals surface area contributed by atoms with Gasteiger partial charge in [0.25, 0.3) is 5.91 Å². The number of anilines is 1. The van der Waals surface area contributed by atoms with Gasteiger partial charge in [-0.05, 0) is 34.4 Å². The summed E-state index contributed by atoms with van der Waals surface area (Å²) in [6.07, 6.45) is 0. The number of amides is 1. The van der Waals surface area contributed by atoms with Crippen molar-refractivity contribution in [1.29, 1.82) is 0 Å². The minimum Gasteiger partial charge on any atom is -0.322 e. The van der Waals surface area contributed by atoms with Crippen LogP contribution in [0.1, 0.15) is 35.7 Å². The van der Waals surface area contributed by atoms with Crippen LogP contribution in [0.15, 0.2) is 66.7 Å². The minimum absolute atomic E-state index is 0.0649. The second-order valence-electron chi connectivity index (χ2n) is 5.72. The molecule has 0 aliphatic rings. The molecule has 3 aromatic carbocycles. The third-order valence-corrected chi connectivity index (χ3v) is 3.87. The number of para-hydroxylation sites is 1. The summed E-state index contributed by atoms with van der Waals surface area (Å²) < 4.78 is 0. The molecule has 0 unspecified atom stereocenters. The van der Waals surface area contributed by atoms with Crippen LogP contribution in [-0.4, -0.2) is 5.91 Å². The number of rotatable bonds is 3. The molecule has 2 nitrogen and oxygen atoms in total. The van der Waals surface area contributed by atoms with E-state index in [0.29, 0.717) is 11.5 Å². The molecular formula is C20H19NO. The van der Waals surface area contributed by atoms with Gasteiger partial charge in [0.1, 0.15) is 0 Å². The molecule has 110 valence electrons. The van der Waals surface area contributed by atoms with Crippen molar-refractivity contribution in [2.24, 2.45) is 0 Å². The SMILES string of the molecule is CC(C)c1ccccc1NC(=O)c1cccc2ccccc12. The second-order valence-corrected chi connectivity index (χ2v) is 5.72. The summed E-state index contributed by atoms with van der Waals surface area (Å²) in [5, 5.41) is 5.11. The zero-order valence-corrected chi connectivity index (χ0v) is 12.8. The summed E-state index contributed by atoms with van der Waals surface area (Å²) in [6.45, 7) is 4.26. The first-order valence-electron chi connectivity index (χ1n) is 7.55. The molecule has 0 saturated carbocycles. The number of hydrogen-bond acceptors (Lipinski definition) is 1. The number of hydrogen-bond donors (Lipinski definition) is 1. The Morgan fingerprint density at radius 3 is 2.36 bits per heavy atom. The lowest BCUT2D eigenvalue weighted by atomic mass is 10.0. The van der Waals surface area contributed by atoms with E-state index in [-0.39, 0.29) is 5.91 Å². The maximum absolute atomic E-state index is 12.7. The first-order valence-corrected chi connectivity index (χ1v) is 7.55. The van der Waals surface area contributed by atoms with Gasteiger partial charge in [0.15, 0.2) is 0 Å². The number of nitrogens with one attached hydrogen (secondary N) is 1. The zero-order valence-electron chi connectivity index (χ0n) is 12.8. The van der Waals surface area contributed by atoms with E-state index >= 15 is 0 Å². The van der Waals surface area contributed by atoms with Crippen LogP contribution < -0.4 is 5.32 Å². The summed E-state index contributed by atoms with van der Waals surface area (Å²) in [4.78, 5) is 12.7. The zero-order chi connectivity index (χ0) is 15.5. The molecule has 0 spiro atoms. The normalized spacial score (nSPS) is 10.9. The Balaban J connectivity index is 1.98. The summed E-state index contributed by atoms with van der Waals surface area (Å²) in [5.74, 6) is 0.300. The fourth-order valence-electron chi connectivity index (χ4n) is 2.73. The third-order valence-electron chi connectivity index (χ3n) is 3.87. The lowest BCUT2D eigenvalue weighted by molar-refractivity contribution is 0.102. The van der Waals surface area contributed by atoms with E-state index in [2.05, 4.69) is 25.2 Å². The van der Waals surface area contributed by atoms with E-state index in [1.54, 1.807) is 0 Å². The maximum atomic E-state index is 12.7. The Bertz CT molecular complexity index is 815. The maximum Gasteiger partial charge on any atom is 0.256 e. The van der Waals surface area contributed by atoms with E-state index < -0.39 is 0 Å². The monoisotopic (exact) mass is 289 g/mol. The van der Waals surface area contributed by atoms with Gasteiger partial charge in [-0.25, -0.2) is 0 Å². The highest BCUT2D eigenvalue weighted by Gasteiger charge is 2.12. The number of carbonyl (C=O) groups excluding carboxylic acids is 1. The molecule has 0 fully saturated rings. The van der Waals surface area contributed by atoms with Crippen molar-refractivity contribution in [3.8, 4) is 0 Å². The second kappa shape index (κ2) is 6.02. The van der Waals surface area contributed by atoms with Crippen molar-refractivity contribution in [2.45, 2.75) is 19.8 Å². The molecule has 0 aliphatic carbocycles. The van der Waals surface area contributed by atoms with E-state index in [4.69, 9.17) is 0 Å². The molecule has 0 aliphatic heterocycles. The average Bonchev–Trinajstić information content (AvgIpc) is 2.54. The third kappa shape index (κ3) is 2.73. The van der Waals surface area contributed by atoms with Gasteiger partial charge in [-0.2, -0.15) is 0 Å². The standard InChI is InChI=1S/C20H19NO/c1-14(2)16-10-5-6-13-19(16)21-20(22)18-12-7-9-15-8-3-4-11-17(15)18/h3-14H,1-2H3,(H,21,22). The quantitative estimate of drug-likeness (QED) is 0.704. The molecule has 0 saturated heterocycles. The molecule has 0 bridgehead atoms. The van der Waals surface area contributed by atoms with Crippen molar-refractivity contribution >= 4 is 22.4 Å². The molecule has 1 N–H and O–H groups in total. The van der Waals surface area contributed by atoms with Crippen molar-refractivity contribution in [3.05, 3.63) is 77.9 Å². The topological polar surface area (TPSA) is 29.1 Å². The molecule has 3 aromatic rings. The van der Waals surface area contributed by atoms with Gasteiger partial charge >= 0.3 is 0 Å². The lowest BCUT2D eigenvalue weighted by Gasteiger charge is -2.14. The van der Waals surface area contributed by atoms with Crippen LogP contribution in [0, 0.1) is 0 Å². The highest BCUT2D eigenvalue weighted by Crippen LogP contribution is 2.25. The number of benzene rings is 3. The highest BCUT2D eigenvalue weighted by molar-refractivity contribution is 6.13. The summed E-state index contributed by atoms with van der Waals surface area (Å²) in [5.41, 5.74) is 2.74. The Hall–Kier alpha value is -2.61. The largest absolute Gasteiger partial charge is 0.322 e. The van der Waals surface area contributed by atoms with Crippen LogP contribution in [0.25, 0.3) is 10.8 Å². The molecule has 2 heteroatoms. The van der Waals surface area contributed by atoms with E-state index in [9.17, 15) is 4.79 Å². The molecule has 0 aromatic heterocycles. The smallest absolute Gasteiger partial charge is 0.256 e. The van der Waals surface area contributed by atoms with E-state index in [1.165, 1.54) is 0 Å². The fraction of sp³-hybridized carbons (Fsp3) is 0.150. The summed E-state index contributed by atoms with van der Waals surface area (Å²) >= 11 is 0. The number of fused-ring (bicyclic) bond motifs is 1. The molecule has 22 heavy (non-hydrogen) atoms. The van der Waals surface area contributed by atoms with Crippen LogP contribution in [0.3, 0.4) is 0 Å². The van der Waals surface area contributed by atoms with Gasteiger partial charge in [0, 0.05) is 11.3 Å². The van der Waals surface area contributed by atoms with Crippen LogP contribution >= 0.6 is 0 Å². The summed E-state index contributed by atoms with van der Waals surface area (Å²) in [6, 6.07) is 21.7. The van der Waals surface area contributed by atoms with E-state index in [0.717, 1.165) is 22.0 Å². The molecule has 0 heterocycles. The van der Waals surface area contributed by atoms with Gasteiger partial charge in [-0.15, -0.1) is 0 Å². The summed E-state index contributed by atoms with van der Waals surface area (Å²) in [7, 11) is 0. The number of carbonyl (C=O) groups is 1. The Morgan fingerprint density at radius 2 is 1.55 bits per heavy atom. The molecular weight excluding hydrogens is 270 g/mol. The van der Waals surface area contributed by atoms with Gasteiger partial charge < -0.3 is 5.32 Å². The van der Waals surface area contributed by atoms with Crippen molar-refractivity contribution < 1.29 is 4.79 Å². The van der Waals surface area contributed by atoms with Crippen LogP contribution in [-0.2, 0) is 0 Å². The van der Waals surface area contributed by atoms with Gasteiger partial charge in [0.05, 0.1) is 0 Å². The predicted octanol–water partition coefficient (Wildman–Crippen LogP) is 5.22. The van der Waals surface area contributed by atoms with Crippen LogP contribution in [0.2, 0.25) is 0 Å². The first kappa shape index (κ1) is 14.3. The average molecular weight is 289 g/mol. The van der Waals surface area contributed by atoms with Gasteiger partial charge in [-0.1, -0.05) is 68.4 Å².